The molecule has 1 atom stereocenters. The minimum absolute atomic E-state index is 0.134. The first-order valence-electron chi connectivity index (χ1n) is 13.3. The second-order valence-corrected chi connectivity index (χ2v) is 11.7. The largest absolute Gasteiger partial charge is 0.491 e. The fourth-order valence-corrected chi connectivity index (χ4v) is 6.47. The summed E-state index contributed by atoms with van der Waals surface area (Å²) in [6.45, 7) is 9.10. The number of fused-ring (bicyclic) bond motifs is 1. The fraction of sp³-hybridized carbons (Fsp3) is 0.333. The smallest absolute Gasteiger partial charge is 0.344 e. The summed E-state index contributed by atoms with van der Waals surface area (Å²) in [5, 5.41) is 0.241. The predicted molar refractivity (Wildman–Crippen MR) is 164 cm³/mol. The maximum atomic E-state index is 14.0. The molecule has 42 heavy (non-hydrogen) atoms. The monoisotopic (exact) mass is 676 g/mol. The van der Waals surface area contributed by atoms with Crippen molar-refractivity contribution in [1.82, 2.24) is 4.57 Å². The van der Waals surface area contributed by atoms with Crippen LogP contribution in [0.5, 0.6) is 11.5 Å². The number of hydrogen-bond acceptors (Lipinski definition) is 9. The van der Waals surface area contributed by atoms with Gasteiger partial charge in [0.15, 0.2) is 17.2 Å². The van der Waals surface area contributed by atoms with Gasteiger partial charge in [-0.25, -0.2) is 14.6 Å². The first-order chi connectivity index (χ1) is 20.0. The molecule has 1 aliphatic rings. The fourth-order valence-electron chi connectivity index (χ4n) is 4.44. The molecule has 0 radical (unpaired) electrons. The van der Waals surface area contributed by atoms with Crippen LogP contribution in [0.25, 0.3) is 6.08 Å². The Morgan fingerprint density at radius 2 is 1.88 bits per heavy atom. The number of esters is 2. The molecule has 0 spiro atoms. The van der Waals surface area contributed by atoms with E-state index < -0.39 is 18.0 Å². The molecule has 0 bridgehead atoms. The van der Waals surface area contributed by atoms with Crippen LogP contribution in [0, 0.1) is 0 Å². The maximum Gasteiger partial charge on any atom is 0.344 e. The van der Waals surface area contributed by atoms with E-state index in [-0.39, 0.29) is 47.8 Å². The van der Waals surface area contributed by atoms with Crippen LogP contribution >= 0.6 is 38.9 Å². The molecule has 0 unspecified atom stereocenters. The molecule has 1 aromatic heterocycles. The molecule has 0 N–H and O–H groups in total. The van der Waals surface area contributed by atoms with Gasteiger partial charge in [-0.2, -0.15) is 0 Å². The minimum atomic E-state index is -0.814. The van der Waals surface area contributed by atoms with Crippen LogP contribution in [-0.4, -0.2) is 42.4 Å². The summed E-state index contributed by atoms with van der Waals surface area (Å²) in [6, 6.07) is 9.87. The van der Waals surface area contributed by atoms with Gasteiger partial charge in [0, 0.05) is 5.56 Å². The minimum Gasteiger partial charge on any atom is -0.491 e. The summed E-state index contributed by atoms with van der Waals surface area (Å²) < 4.78 is 24.3. The Labute approximate surface area is 260 Å². The van der Waals surface area contributed by atoms with Crippen molar-refractivity contribution in [2.24, 2.45) is 4.99 Å². The summed E-state index contributed by atoms with van der Waals surface area (Å²) in [6.07, 6.45) is 1.55. The highest BCUT2D eigenvalue weighted by molar-refractivity contribution is 9.10. The Bertz CT molecular complexity index is 1700. The molecule has 3 aromatic rings. The predicted octanol–water partition coefficient (Wildman–Crippen LogP) is 4.94. The van der Waals surface area contributed by atoms with Gasteiger partial charge >= 0.3 is 11.9 Å². The summed E-state index contributed by atoms with van der Waals surface area (Å²) >= 11 is 11.1. The number of carbonyl (C=O) groups is 2. The van der Waals surface area contributed by atoms with Crippen molar-refractivity contribution in [3.05, 3.63) is 88.0 Å². The van der Waals surface area contributed by atoms with E-state index in [1.807, 2.05) is 38.1 Å². The van der Waals surface area contributed by atoms with Crippen LogP contribution in [0.4, 0.5) is 0 Å². The molecule has 2 heterocycles. The number of rotatable bonds is 10. The Morgan fingerprint density at radius 1 is 1.17 bits per heavy atom. The van der Waals surface area contributed by atoms with Crippen molar-refractivity contribution in [2.45, 2.75) is 46.8 Å². The molecule has 0 fully saturated rings. The van der Waals surface area contributed by atoms with E-state index in [0.717, 1.165) is 0 Å². The Kier molecular flexibility index (Phi) is 10.3. The van der Waals surface area contributed by atoms with Crippen LogP contribution in [0.3, 0.4) is 0 Å². The van der Waals surface area contributed by atoms with E-state index in [1.54, 1.807) is 39.0 Å². The van der Waals surface area contributed by atoms with Gasteiger partial charge in [0.25, 0.3) is 5.56 Å². The number of aromatic nitrogens is 1. The Morgan fingerprint density at radius 3 is 2.55 bits per heavy atom. The van der Waals surface area contributed by atoms with Gasteiger partial charge in [0.2, 0.25) is 0 Å². The Hall–Kier alpha value is -3.41. The van der Waals surface area contributed by atoms with E-state index in [1.165, 1.54) is 15.9 Å². The maximum absolute atomic E-state index is 14.0. The average molecular weight is 678 g/mol. The molecule has 222 valence electrons. The van der Waals surface area contributed by atoms with Crippen molar-refractivity contribution in [2.75, 3.05) is 19.8 Å². The summed E-state index contributed by atoms with van der Waals surface area (Å²) in [5.74, 6) is -0.234. The summed E-state index contributed by atoms with van der Waals surface area (Å²) in [5.41, 5.74) is 1.64. The van der Waals surface area contributed by atoms with Gasteiger partial charge in [0.1, 0.15) is 11.8 Å². The lowest BCUT2D eigenvalue weighted by atomic mass is 9.95. The van der Waals surface area contributed by atoms with Crippen molar-refractivity contribution >= 4 is 56.9 Å². The number of para-hydroxylation sites is 1. The lowest BCUT2D eigenvalue weighted by molar-refractivity contribution is -0.145. The molecule has 0 saturated heterocycles. The number of carbonyl (C=O) groups excluding carboxylic acids is 2. The first-order valence-corrected chi connectivity index (χ1v) is 15.3. The quantitative estimate of drug-likeness (QED) is 0.280. The van der Waals surface area contributed by atoms with Crippen LogP contribution in [-0.2, 0) is 19.1 Å². The zero-order valence-electron chi connectivity index (χ0n) is 23.7. The van der Waals surface area contributed by atoms with E-state index in [0.29, 0.717) is 36.4 Å². The topological polar surface area (TPSA) is 105 Å². The lowest BCUT2D eigenvalue weighted by Gasteiger charge is -2.26. The number of thiazole rings is 1. The van der Waals surface area contributed by atoms with Crippen LogP contribution in [0.15, 0.2) is 61.9 Å². The van der Waals surface area contributed by atoms with Crippen molar-refractivity contribution in [3.63, 3.8) is 0 Å². The number of halogens is 2. The highest BCUT2D eigenvalue weighted by Crippen LogP contribution is 2.37. The highest BCUT2D eigenvalue weighted by atomic mass is 79.9. The molecule has 0 saturated carbocycles. The van der Waals surface area contributed by atoms with E-state index in [9.17, 15) is 14.4 Å². The second kappa shape index (κ2) is 13.7. The lowest BCUT2D eigenvalue weighted by Crippen LogP contribution is -2.40. The number of nitrogens with zero attached hydrogens (tertiary/aromatic N) is 2. The van der Waals surface area contributed by atoms with E-state index >= 15 is 0 Å². The molecular formula is C30H30BrClN2O7S. The number of ether oxygens (including phenoxy) is 4. The molecule has 0 aliphatic carbocycles. The number of allylic oxidation sites excluding steroid dienone is 1. The van der Waals surface area contributed by atoms with Crippen LogP contribution in [0.2, 0.25) is 5.02 Å². The van der Waals surface area contributed by atoms with Gasteiger partial charge in [-0.3, -0.25) is 9.36 Å². The summed E-state index contributed by atoms with van der Waals surface area (Å²) in [4.78, 5) is 44.0. The third-order valence-corrected chi connectivity index (χ3v) is 7.90. The molecule has 0 amide bonds. The molecule has 4 rings (SSSR count). The number of hydrogen-bond donors (Lipinski definition) is 0. The molecule has 9 nitrogen and oxygen atoms in total. The van der Waals surface area contributed by atoms with Gasteiger partial charge < -0.3 is 18.9 Å². The van der Waals surface area contributed by atoms with Gasteiger partial charge in [-0.1, -0.05) is 41.1 Å². The van der Waals surface area contributed by atoms with Crippen molar-refractivity contribution in [1.29, 1.82) is 0 Å². The molecule has 2 aromatic carbocycles. The SMILES string of the molecule is CCOC(=O)COc1c(Cl)cc(/C=c2/sc3n(c2=O)[C@H](c2ccccc2OC(C)C)C(C(=O)OCC)=C(C)N=3)cc1Br. The van der Waals surface area contributed by atoms with Crippen molar-refractivity contribution < 1.29 is 28.5 Å². The average Bonchev–Trinajstić information content (AvgIpc) is 3.21. The van der Waals surface area contributed by atoms with Gasteiger partial charge in [-0.05, 0) is 80.4 Å². The normalized spacial score (nSPS) is 14.9. The highest BCUT2D eigenvalue weighted by Gasteiger charge is 2.35. The third-order valence-electron chi connectivity index (χ3n) is 6.05. The number of benzene rings is 2. The summed E-state index contributed by atoms with van der Waals surface area (Å²) in [7, 11) is 0. The molecule has 1 aliphatic heterocycles. The molecule has 12 heteroatoms. The zero-order valence-corrected chi connectivity index (χ0v) is 26.9. The first kappa shape index (κ1) is 31.5. The van der Waals surface area contributed by atoms with Gasteiger partial charge in [-0.15, -0.1) is 0 Å². The van der Waals surface area contributed by atoms with Crippen molar-refractivity contribution in [3.8, 4) is 11.5 Å². The van der Waals surface area contributed by atoms with Crippen LogP contribution in [0.1, 0.15) is 51.8 Å². The van der Waals surface area contributed by atoms with Gasteiger partial charge in [0.05, 0.1) is 44.6 Å². The third kappa shape index (κ3) is 6.79. The second-order valence-electron chi connectivity index (χ2n) is 9.41. The van der Waals surface area contributed by atoms with E-state index in [2.05, 4.69) is 20.9 Å². The Balaban J connectivity index is 1.84. The van der Waals surface area contributed by atoms with E-state index in [4.69, 9.17) is 30.5 Å². The zero-order chi connectivity index (χ0) is 30.6. The van der Waals surface area contributed by atoms with Crippen LogP contribution < -0.4 is 24.4 Å². The standard InChI is InChI=1S/C30H30BrClN2O7S/c1-6-38-24(35)15-40-27-20(31)12-18(13-21(27)32)14-23-28(36)34-26(19-10-8-9-11-22(19)41-16(3)4)25(29(37)39-7-2)17(5)33-30(34)42-23/h8-14,16,26H,6-7,15H2,1-5H3/b23-14+/t26-/m1/s1. The molecular weight excluding hydrogens is 648 g/mol.